The molecule has 268 valence electrons. The van der Waals surface area contributed by atoms with Crippen molar-refractivity contribution < 1.29 is 14.2 Å². The lowest BCUT2D eigenvalue weighted by Crippen LogP contribution is -2.51. The molecule has 4 aliphatic rings. The Morgan fingerprint density at radius 2 is 1.48 bits per heavy atom. The van der Waals surface area contributed by atoms with Gasteiger partial charge in [-0.3, -0.25) is 0 Å². The fourth-order valence-electron chi connectivity index (χ4n) is 10.9. The van der Waals surface area contributed by atoms with Gasteiger partial charge in [0.2, 0.25) is 0 Å². The van der Waals surface area contributed by atoms with Gasteiger partial charge in [-0.15, -0.1) is 0 Å². The Hall–Kier alpha value is -0.420. The van der Waals surface area contributed by atoms with Crippen LogP contribution in [0.15, 0.2) is 11.6 Å². The lowest BCUT2D eigenvalue weighted by molar-refractivity contribution is -0.153. The van der Waals surface area contributed by atoms with E-state index in [0.29, 0.717) is 23.5 Å². The van der Waals surface area contributed by atoms with Gasteiger partial charge < -0.3 is 19.9 Å². The average Bonchev–Trinajstić information content (AvgIpc) is 3.38. The van der Waals surface area contributed by atoms with E-state index < -0.39 is 0 Å². The van der Waals surface area contributed by atoms with Crippen LogP contribution < -0.4 is 5.73 Å². The van der Waals surface area contributed by atoms with E-state index in [1.165, 1.54) is 96.3 Å². The van der Waals surface area contributed by atoms with Crippen molar-refractivity contribution in [2.24, 2.45) is 52.1 Å². The van der Waals surface area contributed by atoms with Crippen molar-refractivity contribution in [2.75, 3.05) is 19.8 Å². The van der Waals surface area contributed by atoms with Gasteiger partial charge in [0.1, 0.15) is 0 Å². The first-order chi connectivity index (χ1) is 22.1. The second-order valence-corrected chi connectivity index (χ2v) is 17.5. The van der Waals surface area contributed by atoms with Crippen molar-refractivity contribution in [1.29, 1.82) is 0 Å². The molecule has 0 radical (unpaired) electrons. The number of hydrogen-bond donors (Lipinski definition) is 1. The molecule has 10 atom stereocenters. The topological polar surface area (TPSA) is 53.7 Å². The van der Waals surface area contributed by atoms with Gasteiger partial charge in [-0.2, -0.15) is 0 Å². The highest BCUT2D eigenvalue weighted by Crippen LogP contribution is 2.67. The van der Waals surface area contributed by atoms with Crippen molar-refractivity contribution in [3.63, 3.8) is 0 Å². The third-order valence-electron chi connectivity index (χ3n) is 13.6. The van der Waals surface area contributed by atoms with Gasteiger partial charge in [0.25, 0.3) is 0 Å². The second-order valence-electron chi connectivity index (χ2n) is 17.5. The van der Waals surface area contributed by atoms with Gasteiger partial charge in [0.15, 0.2) is 6.29 Å². The number of allylic oxidation sites excluding steroid dienone is 1. The molecule has 0 aromatic heterocycles. The molecule has 2 unspecified atom stereocenters. The van der Waals surface area contributed by atoms with E-state index in [1.54, 1.807) is 5.57 Å². The SMILES string of the molecule is CCCCCCCCOC(OCCCCOC1CC[C@@]2(C)C(=CC[C@H]3[C@@H]4CC[C@H]([C@H](C)CCCC(C)C)[C@@]4(C)CC[C@@H]32)C1)[C@@H](C)N. The molecule has 4 rings (SSSR count). The highest BCUT2D eigenvalue weighted by Gasteiger charge is 2.59. The molecule has 4 nitrogen and oxygen atoms in total. The molecule has 4 heteroatoms. The van der Waals surface area contributed by atoms with Crippen LogP contribution in [0.4, 0.5) is 0 Å². The quantitative estimate of drug-likeness (QED) is 0.0768. The fraction of sp³-hybridized carbons (Fsp3) is 0.952. The van der Waals surface area contributed by atoms with Crippen molar-refractivity contribution in [2.45, 2.75) is 189 Å². The molecule has 0 spiro atoms. The monoisotopic (exact) mass is 644 g/mol. The Labute approximate surface area is 286 Å². The highest BCUT2D eigenvalue weighted by atomic mass is 16.7. The molecule has 0 saturated heterocycles. The second kappa shape index (κ2) is 18.5. The van der Waals surface area contributed by atoms with Crippen LogP contribution in [-0.2, 0) is 14.2 Å². The minimum absolute atomic E-state index is 0.104. The number of rotatable bonds is 21. The summed E-state index contributed by atoms with van der Waals surface area (Å²) in [6.07, 6.45) is 27.7. The Kier molecular flexibility index (Phi) is 15.5. The Bertz CT molecular complexity index is 901. The van der Waals surface area contributed by atoms with Gasteiger partial charge in [-0.1, -0.05) is 105 Å². The van der Waals surface area contributed by atoms with Gasteiger partial charge >= 0.3 is 0 Å². The number of nitrogens with two attached hydrogens (primary N) is 1. The molecule has 0 bridgehead atoms. The molecule has 0 heterocycles. The largest absolute Gasteiger partial charge is 0.378 e. The molecule has 3 fully saturated rings. The third kappa shape index (κ3) is 9.85. The minimum atomic E-state index is -0.291. The van der Waals surface area contributed by atoms with Gasteiger partial charge in [0.05, 0.1) is 12.1 Å². The number of hydrogen-bond acceptors (Lipinski definition) is 4. The fourth-order valence-corrected chi connectivity index (χ4v) is 10.9. The molecular weight excluding hydrogens is 566 g/mol. The van der Waals surface area contributed by atoms with Crippen molar-refractivity contribution >= 4 is 0 Å². The van der Waals surface area contributed by atoms with E-state index in [-0.39, 0.29) is 12.3 Å². The summed E-state index contributed by atoms with van der Waals surface area (Å²) in [4.78, 5) is 0. The van der Waals surface area contributed by atoms with E-state index in [2.05, 4.69) is 47.6 Å². The van der Waals surface area contributed by atoms with Gasteiger partial charge in [-0.25, -0.2) is 0 Å². The summed E-state index contributed by atoms with van der Waals surface area (Å²) in [5, 5.41) is 0. The highest BCUT2D eigenvalue weighted by molar-refractivity contribution is 5.25. The first-order valence-electron chi connectivity index (χ1n) is 20.4. The molecule has 46 heavy (non-hydrogen) atoms. The predicted octanol–water partition coefficient (Wildman–Crippen LogP) is 11.3. The van der Waals surface area contributed by atoms with Crippen LogP contribution in [0.5, 0.6) is 0 Å². The van der Waals surface area contributed by atoms with E-state index in [9.17, 15) is 0 Å². The number of fused-ring (bicyclic) bond motifs is 5. The summed E-state index contributed by atoms with van der Waals surface area (Å²) in [6, 6.07) is -0.104. The zero-order valence-electron chi connectivity index (χ0n) is 31.6. The molecule has 0 amide bonds. The summed E-state index contributed by atoms with van der Waals surface area (Å²) >= 11 is 0. The summed E-state index contributed by atoms with van der Waals surface area (Å²) < 4.78 is 18.5. The Morgan fingerprint density at radius 3 is 2.20 bits per heavy atom. The van der Waals surface area contributed by atoms with Crippen molar-refractivity contribution in [1.82, 2.24) is 0 Å². The maximum Gasteiger partial charge on any atom is 0.172 e. The molecule has 2 N–H and O–H groups in total. The number of ether oxygens (including phenoxy) is 3. The zero-order chi connectivity index (χ0) is 33.2. The first-order valence-corrected chi connectivity index (χ1v) is 20.4. The predicted molar refractivity (Wildman–Crippen MR) is 195 cm³/mol. The molecule has 0 aromatic rings. The normalized spacial score (nSPS) is 34.5. The zero-order valence-corrected chi connectivity index (χ0v) is 31.6. The van der Waals surface area contributed by atoms with E-state index >= 15 is 0 Å². The van der Waals surface area contributed by atoms with Crippen LogP contribution in [-0.4, -0.2) is 38.3 Å². The Balaban J connectivity index is 1.16. The lowest BCUT2D eigenvalue weighted by Gasteiger charge is -2.58. The third-order valence-corrected chi connectivity index (χ3v) is 13.6. The van der Waals surface area contributed by atoms with Crippen LogP contribution in [0, 0.1) is 46.3 Å². The van der Waals surface area contributed by atoms with E-state index in [0.717, 1.165) is 74.4 Å². The molecular formula is C42H77NO3. The van der Waals surface area contributed by atoms with Crippen LogP contribution in [0.2, 0.25) is 0 Å². The standard InChI is InChI=1S/C42H77NO3/c1-8-9-10-11-12-13-28-45-40(33(5)43)46-29-15-14-27-44-35-23-25-41(6)34(30-35)19-20-36-38-22-21-37(32(4)18-16-17-31(2)3)42(38,7)26-24-39(36)41/h19,31-33,35-40H,8-18,20-30,43H2,1-7H3/t32-,33-,35?,36+,37-,38+,39+,40?,41+,42-/m1/s1. The van der Waals surface area contributed by atoms with Crippen molar-refractivity contribution in [3.05, 3.63) is 11.6 Å². The lowest BCUT2D eigenvalue weighted by atomic mass is 9.47. The number of unbranched alkanes of at least 4 members (excludes halogenated alkanes) is 6. The maximum atomic E-state index is 6.51. The summed E-state index contributed by atoms with van der Waals surface area (Å²) in [5.41, 5.74) is 8.88. The van der Waals surface area contributed by atoms with Crippen LogP contribution in [0.1, 0.15) is 170 Å². The summed E-state index contributed by atoms with van der Waals surface area (Å²) in [7, 11) is 0. The summed E-state index contributed by atoms with van der Waals surface area (Å²) in [6.45, 7) is 19.3. The van der Waals surface area contributed by atoms with E-state index in [4.69, 9.17) is 19.9 Å². The molecule has 0 aromatic carbocycles. The van der Waals surface area contributed by atoms with Gasteiger partial charge in [-0.05, 0) is 124 Å². The van der Waals surface area contributed by atoms with Crippen molar-refractivity contribution in [3.8, 4) is 0 Å². The van der Waals surface area contributed by atoms with Crippen LogP contribution >= 0.6 is 0 Å². The molecule has 4 aliphatic carbocycles. The minimum Gasteiger partial charge on any atom is -0.378 e. The van der Waals surface area contributed by atoms with Gasteiger partial charge in [0, 0.05) is 19.8 Å². The average molecular weight is 644 g/mol. The first kappa shape index (κ1) is 38.4. The van der Waals surface area contributed by atoms with Crippen LogP contribution in [0.25, 0.3) is 0 Å². The molecule has 0 aliphatic heterocycles. The smallest absolute Gasteiger partial charge is 0.172 e. The Morgan fingerprint density at radius 1 is 0.783 bits per heavy atom. The maximum absolute atomic E-state index is 6.51. The molecule has 3 saturated carbocycles. The summed E-state index contributed by atoms with van der Waals surface area (Å²) in [5.74, 6) is 5.42. The van der Waals surface area contributed by atoms with Crippen LogP contribution in [0.3, 0.4) is 0 Å². The van der Waals surface area contributed by atoms with E-state index in [1.807, 2.05) is 6.92 Å².